The smallest absolute Gasteiger partial charge is 0.118 e. The van der Waals surface area contributed by atoms with Crippen LogP contribution in [0.25, 0.3) is 0 Å². The van der Waals surface area contributed by atoms with Gasteiger partial charge >= 0.3 is 0 Å². The molecule has 0 spiro atoms. The van der Waals surface area contributed by atoms with Gasteiger partial charge in [0.15, 0.2) is 0 Å². The van der Waals surface area contributed by atoms with E-state index >= 15 is 0 Å². The lowest BCUT2D eigenvalue weighted by Crippen LogP contribution is -2.36. The molecule has 1 saturated heterocycles. The molecule has 0 aliphatic carbocycles. The van der Waals surface area contributed by atoms with Gasteiger partial charge in [0.05, 0.1) is 36.5 Å². The third-order valence-corrected chi connectivity index (χ3v) is 4.12. The Labute approximate surface area is 141 Å². The number of benzene rings is 1. The normalized spacial score (nSPS) is 22.4. The van der Waals surface area contributed by atoms with Crippen LogP contribution in [0.2, 0.25) is 10.0 Å². The van der Waals surface area contributed by atoms with Crippen LogP contribution in [-0.4, -0.2) is 44.6 Å². The van der Waals surface area contributed by atoms with Crippen molar-refractivity contribution in [3.63, 3.8) is 0 Å². The molecule has 4 nitrogen and oxygen atoms in total. The lowest BCUT2D eigenvalue weighted by Gasteiger charge is -2.33. The van der Waals surface area contributed by atoms with Crippen molar-refractivity contribution in [2.45, 2.75) is 12.0 Å². The molecule has 1 aliphatic rings. The van der Waals surface area contributed by atoms with Gasteiger partial charge in [-0.25, -0.2) is 0 Å². The predicted octanol–water partition coefficient (Wildman–Crippen LogP) is 2.63. The van der Waals surface area contributed by atoms with Gasteiger partial charge in [0, 0.05) is 6.54 Å². The zero-order chi connectivity index (χ0) is 14.4. The third kappa shape index (κ3) is 4.96. The minimum Gasteiger partial charge on any atom is -0.394 e. The van der Waals surface area contributed by atoms with Crippen LogP contribution in [0.5, 0.6) is 0 Å². The van der Waals surface area contributed by atoms with E-state index in [0.717, 1.165) is 25.1 Å². The van der Waals surface area contributed by atoms with Gasteiger partial charge in [-0.15, -0.1) is 12.4 Å². The molecule has 1 heterocycles. The molecular weight excluding hydrogens is 337 g/mol. The summed E-state index contributed by atoms with van der Waals surface area (Å²) in [7, 11) is 0. The van der Waals surface area contributed by atoms with Crippen molar-refractivity contribution in [3.05, 3.63) is 33.8 Å². The van der Waals surface area contributed by atoms with E-state index in [4.69, 9.17) is 37.8 Å². The molecule has 1 aromatic carbocycles. The number of ether oxygens (including phenoxy) is 2. The standard InChI is InChI=1S/C14H19Cl2NO3.ClH/c15-12-2-1-11(9-13(12)16)14(10-19-8-6-18)3-4-17-5-7-20-14;/h1-2,9,17-18H,3-8,10H2;1H/t14-;/m0./s1. The van der Waals surface area contributed by atoms with E-state index in [1.165, 1.54) is 0 Å². The van der Waals surface area contributed by atoms with E-state index in [1.807, 2.05) is 12.1 Å². The van der Waals surface area contributed by atoms with Crippen LogP contribution in [0.15, 0.2) is 18.2 Å². The quantitative estimate of drug-likeness (QED) is 0.796. The Balaban J connectivity index is 0.00000220. The number of nitrogens with one attached hydrogen (secondary N) is 1. The average molecular weight is 357 g/mol. The Hall–Kier alpha value is -0.0700. The SMILES string of the molecule is Cl.OCCOC[C@]1(c2ccc(Cl)c(Cl)c2)CCNCCO1. The van der Waals surface area contributed by atoms with Crippen molar-refractivity contribution in [2.24, 2.45) is 0 Å². The lowest BCUT2D eigenvalue weighted by molar-refractivity contribution is -0.102. The summed E-state index contributed by atoms with van der Waals surface area (Å²) in [6.07, 6.45) is 0.774. The van der Waals surface area contributed by atoms with Crippen molar-refractivity contribution in [1.82, 2.24) is 5.32 Å². The molecule has 7 heteroatoms. The summed E-state index contributed by atoms with van der Waals surface area (Å²) in [6, 6.07) is 5.52. The van der Waals surface area contributed by atoms with Gasteiger partial charge in [-0.05, 0) is 30.7 Å². The molecule has 2 rings (SSSR count). The van der Waals surface area contributed by atoms with Gasteiger partial charge in [0.2, 0.25) is 0 Å². The summed E-state index contributed by atoms with van der Waals surface area (Å²) < 4.78 is 11.6. The summed E-state index contributed by atoms with van der Waals surface area (Å²) in [6.45, 7) is 2.91. The lowest BCUT2D eigenvalue weighted by atomic mass is 9.91. The summed E-state index contributed by atoms with van der Waals surface area (Å²) >= 11 is 12.1. The molecule has 120 valence electrons. The maximum absolute atomic E-state index is 8.87. The molecule has 1 atom stereocenters. The largest absolute Gasteiger partial charge is 0.394 e. The van der Waals surface area contributed by atoms with E-state index in [1.54, 1.807) is 6.07 Å². The second-order valence-corrected chi connectivity index (χ2v) is 5.56. The molecule has 1 fully saturated rings. The maximum Gasteiger partial charge on any atom is 0.118 e. The number of aliphatic hydroxyl groups excluding tert-OH is 1. The van der Waals surface area contributed by atoms with Crippen LogP contribution in [0.3, 0.4) is 0 Å². The second kappa shape index (κ2) is 9.16. The first-order valence-electron chi connectivity index (χ1n) is 6.67. The molecule has 0 saturated carbocycles. The molecule has 0 amide bonds. The molecule has 1 aromatic rings. The van der Waals surface area contributed by atoms with Crippen molar-refractivity contribution < 1.29 is 14.6 Å². The first-order chi connectivity index (χ1) is 9.68. The van der Waals surface area contributed by atoms with Gasteiger partial charge in [-0.1, -0.05) is 29.3 Å². The number of hydrogen-bond acceptors (Lipinski definition) is 4. The maximum atomic E-state index is 8.87. The number of hydrogen-bond donors (Lipinski definition) is 2. The van der Waals surface area contributed by atoms with Crippen LogP contribution < -0.4 is 5.32 Å². The Morgan fingerprint density at radius 2 is 2.10 bits per heavy atom. The third-order valence-electron chi connectivity index (χ3n) is 3.38. The van der Waals surface area contributed by atoms with Gasteiger partial charge in [-0.3, -0.25) is 0 Å². The predicted molar refractivity (Wildman–Crippen MR) is 86.7 cm³/mol. The van der Waals surface area contributed by atoms with E-state index in [-0.39, 0.29) is 19.0 Å². The van der Waals surface area contributed by atoms with E-state index in [0.29, 0.717) is 29.9 Å². The van der Waals surface area contributed by atoms with Crippen molar-refractivity contribution in [1.29, 1.82) is 0 Å². The fourth-order valence-corrected chi connectivity index (χ4v) is 2.61. The van der Waals surface area contributed by atoms with Crippen molar-refractivity contribution >= 4 is 35.6 Å². The minimum absolute atomic E-state index is 0. The topological polar surface area (TPSA) is 50.7 Å². The highest BCUT2D eigenvalue weighted by molar-refractivity contribution is 6.42. The first-order valence-corrected chi connectivity index (χ1v) is 7.42. The molecule has 0 unspecified atom stereocenters. The summed E-state index contributed by atoms with van der Waals surface area (Å²) in [5, 5.41) is 13.2. The zero-order valence-corrected chi connectivity index (χ0v) is 13.9. The van der Waals surface area contributed by atoms with E-state index in [9.17, 15) is 0 Å². The van der Waals surface area contributed by atoms with Gasteiger partial charge in [0.1, 0.15) is 5.60 Å². The Morgan fingerprint density at radius 3 is 2.81 bits per heavy atom. The first kappa shape index (κ1) is 19.0. The highest BCUT2D eigenvalue weighted by Gasteiger charge is 2.35. The monoisotopic (exact) mass is 355 g/mol. The molecule has 1 aliphatic heterocycles. The molecule has 21 heavy (non-hydrogen) atoms. The summed E-state index contributed by atoms with van der Waals surface area (Å²) in [4.78, 5) is 0. The average Bonchev–Trinajstić information content (AvgIpc) is 2.69. The zero-order valence-electron chi connectivity index (χ0n) is 11.6. The minimum atomic E-state index is -0.549. The Kier molecular flexibility index (Phi) is 8.27. The second-order valence-electron chi connectivity index (χ2n) is 4.75. The number of rotatable bonds is 5. The molecule has 0 bridgehead atoms. The van der Waals surface area contributed by atoms with E-state index in [2.05, 4.69) is 5.32 Å². The molecule has 2 N–H and O–H groups in total. The van der Waals surface area contributed by atoms with Gasteiger partial charge < -0.3 is 19.9 Å². The van der Waals surface area contributed by atoms with Crippen LogP contribution in [0.4, 0.5) is 0 Å². The number of halogens is 3. The van der Waals surface area contributed by atoms with Gasteiger partial charge in [-0.2, -0.15) is 0 Å². The number of aliphatic hydroxyl groups is 1. The summed E-state index contributed by atoms with van der Waals surface area (Å²) in [5.74, 6) is 0. The van der Waals surface area contributed by atoms with Crippen molar-refractivity contribution in [3.8, 4) is 0 Å². The molecule has 0 radical (unpaired) electrons. The molecule has 0 aromatic heterocycles. The Morgan fingerprint density at radius 1 is 1.29 bits per heavy atom. The van der Waals surface area contributed by atoms with Crippen molar-refractivity contribution in [2.75, 3.05) is 39.5 Å². The summed E-state index contributed by atoms with van der Waals surface area (Å²) in [5.41, 5.74) is 0.404. The van der Waals surface area contributed by atoms with Gasteiger partial charge in [0.25, 0.3) is 0 Å². The highest BCUT2D eigenvalue weighted by atomic mass is 35.5. The van der Waals surface area contributed by atoms with Crippen LogP contribution in [0.1, 0.15) is 12.0 Å². The highest BCUT2D eigenvalue weighted by Crippen LogP contribution is 2.34. The van der Waals surface area contributed by atoms with E-state index < -0.39 is 5.60 Å². The fourth-order valence-electron chi connectivity index (χ4n) is 2.31. The van der Waals surface area contributed by atoms with Crippen LogP contribution in [-0.2, 0) is 15.1 Å². The van der Waals surface area contributed by atoms with Crippen LogP contribution >= 0.6 is 35.6 Å². The van der Waals surface area contributed by atoms with Crippen LogP contribution in [0, 0.1) is 0 Å². The Bertz CT molecular complexity index is 437. The fraction of sp³-hybridized carbons (Fsp3) is 0.571. The molecular formula is C14H20Cl3NO3.